The second-order valence-corrected chi connectivity index (χ2v) is 18.7. The van der Waals surface area contributed by atoms with Crippen LogP contribution in [0.25, 0.3) is 22.0 Å². The number of nitriles is 1. The predicted octanol–water partition coefficient (Wildman–Crippen LogP) is 7.86. The van der Waals surface area contributed by atoms with Gasteiger partial charge in [-0.25, -0.2) is 23.1 Å². The molecule has 4 aliphatic heterocycles. The Labute approximate surface area is 406 Å². The Balaban J connectivity index is 0.802. The van der Waals surface area contributed by atoms with Crippen LogP contribution in [0, 0.1) is 28.8 Å². The Bertz CT molecular complexity index is 2930. The topological polar surface area (TPSA) is 152 Å². The molecule has 9 rings (SSSR count). The maximum atomic E-state index is 16.6. The molecular formula is C51H47Cl2F3N8O5. The van der Waals surface area contributed by atoms with E-state index < -0.39 is 41.3 Å². The first-order valence-corrected chi connectivity index (χ1v) is 23.6. The van der Waals surface area contributed by atoms with Crippen LogP contribution in [-0.4, -0.2) is 106 Å². The number of hydrogen-bond donors (Lipinski definition) is 1. The Kier molecular flexibility index (Phi) is 13.9. The predicted molar refractivity (Wildman–Crippen MR) is 253 cm³/mol. The molecule has 13 nitrogen and oxygen atoms in total. The van der Waals surface area contributed by atoms with Gasteiger partial charge in [-0.15, -0.1) is 0 Å². The van der Waals surface area contributed by atoms with Crippen LogP contribution in [0.3, 0.4) is 0 Å². The zero-order chi connectivity index (χ0) is 48.5. The number of ether oxygens (including phenoxy) is 1. The number of piperazine rings is 1. The Hall–Kier alpha value is -6.54. The van der Waals surface area contributed by atoms with Crippen LogP contribution < -0.4 is 15.0 Å². The molecule has 4 amide bonds. The zero-order valence-corrected chi connectivity index (χ0v) is 39.0. The van der Waals surface area contributed by atoms with Gasteiger partial charge in [0.25, 0.3) is 11.8 Å². The van der Waals surface area contributed by atoms with Gasteiger partial charge < -0.3 is 24.3 Å². The van der Waals surface area contributed by atoms with Crippen molar-refractivity contribution < 1.29 is 37.1 Å². The van der Waals surface area contributed by atoms with Gasteiger partial charge in [-0.1, -0.05) is 60.1 Å². The van der Waals surface area contributed by atoms with Crippen molar-refractivity contribution in [3.8, 4) is 22.9 Å². The van der Waals surface area contributed by atoms with Crippen LogP contribution in [0.15, 0.2) is 78.6 Å². The number of imide groups is 1. The maximum absolute atomic E-state index is 16.6. The number of fused-ring (bicyclic) bond motifs is 2. The number of aromatic nitrogens is 2. The quantitative estimate of drug-likeness (QED) is 0.0913. The van der Waals surface area contributed by atoms with Crippen molar-refractivity contribution in [1.29, 1.82) is 5.26 Å². The van der Waals surface area contributed by atoms with Gasteiger partial charge in [0.2, 0.25) is 11.8 Å². The minimum absolute atomic E-state index is 0.0208. The van der Waals surface area contributed by atoms with E-state index in [9.17, 15) is 28.8 Å². The van der Waals surface area contributed by atoms with Crippen molar-refractivity contribution in [2.75, 3.05) is 50.8 Å². The third-order valence-corrected chi connectivity index (χ3v) is 14.2. The Morgan fingerprint density at radius 1 is 0.942 bits per heavy atom. The summed E-state index contributed by atoms with van der Waals surface area (Å²) in [6, 6.07) is 17.5. The van der Waals surface area contributed by atoms with E-state index in [-0.39, 0.29) is 101 Å². The number of nitrogens with zero attached hydrogens (tertiary/aromatic N) is 7. The average Bonchev–Trinajstić information content (AvgIpc) is 3.66. The van der Waals surface area contributed by atoms with Gasteiger partial charge in [0.15, 0.2) is 5.82 Å². The molecule has 356 valence electrons. The van der Waals surface area contributed by atoms with Crippen molar-refractivity contribution in [2.45, 2.75) is 69.5 Å². The molecule has 5 aromatic rings. The van der Waals surface area contributed by atoms with Gasteiger partial charge in [0.05, 0.1) is 40.8 Å². The van der Waals surface area contributed by atoms with E-state index >= 15 is 8.78 Å². The molecule has 3 fully saturated rings. The van der Waals surface area contributed by atoms with E-state index in [1.54, 1.807) is 6.07 Å². The van der Waals surface area contributed by atoms with Crippen LogP contribution >= 0.6 is 23.2 Å². The number of likely N-dealkylation sites (tertiary alicyclic amines) is 1. The summed E-state index contributed by atoms with van der Waals surface area (Å²) in [5.41, 5.74) is 3.59. The smallest absolute Gasteiger partial charge is 0.265 e. The first kappa shape index (κ1) is 47.5. The highest BCUT2D eigenvalue weighted by Gasteiger charge is 2.41. The molecule has 18 heteroatoms. The van der Waals surface area contributed by atoms with E-state index in [2.05, 4.69) is 45.0 Å². The highest BCUT2D eigenvalue weighted by Crippen LogP contribution is 2.43. The molecule has 0 spiro atoms. The molecule has 4 aromatic carbocycles. The molecule has 1 N–H and O–H groups in total. The summed E-state index contributed by atoms with van der Waals surface area (Å²) >= 11 is 12.7. The Morgan fingerprint density at radius 2 is 1.70 bits per heavy atom. The van der Waals surface area contributed by atoms with Crippen LogP contribution in [0.2, 0.25) is 5.02 Å². The van der Waals surface area contributed by atoms with Crippen LogP contribution in [0.5, 0.6) is 5.75 Å². The van der Waals surface area contributed by atoms with Crippen molar-refractivity contribution in [3.05, 3.63) is 129 Å². The fourth-order valence-corrected chi connectivity index (χ4v) is 10.5. The number of nitrogens with one attached hydrogen (secondary N) is 1. The number of halogens is 5. The average molecular weight is 980 g/mol. The van der Waals surface area contributed by atoms with Gasteiger partial charge in [-0.05, 0) is 97.3 Å². The molecule has 69 heavy (non-hydrogen) atoms. The molecule has 4 aliphatic rings. The highest BCUT2D eigenvalue weighted by atomic mass is 35.5. The van der Waals surface area contributed by atoms with Gasteiger partial charge in [-0.3, -0.25) is 24.5 Å². The number of benzene rings is 4. The first-order valence-electron chi connectivity index (χ1n) is 22.9. The van der Waals surface area contributed by atoms with Crippen molar-refractivity contribution in [2.24, 2.45) is 0 Å². The van der Waals surface area contributed by atoms with Crippen LogP contribution in [0.1, 0.15) is 70.6 Å². The SMILES string of the molecule is C=C(Cl)C(=O)N1CCN(c2ncnc3c(F)c(-c4c(F)cccc4OCCc4ccc(CCN5CCC(c6cc(F)cc7c6CN(C6CCC(=O)NC6=O)C7=O)CC5)cc4)c(Cl)cc23)C[C@H]1CC#N. The third-order valence-electron chi connectivity index (χ3n) is 13.7. The van der Waals surface area contributed by atoms with E-state index in [4.69, 9.17) is 27.9 Å². The van der Waals surface area contributed by atoms with E-state index in [1.165, 1.54) is 46.5 Å². The highest BCUT2D eigenvalue weighted by molar-refractivity contribution is 6.41. The minimum atomic E-state index is -0.857. The lowest BCUT2D eigenvalue weighted by atomic mass is 9.85. The molecular weight excluding hydrogens is 933 g/mol. The number of carbonyl (C=O) groups is 4. The van der Waals surface area contributed by atoms with Gasteiger partial charge in [-0.2, -0.15) is 5.26 Å². The summed E-state index contributed by atoms with van der Waals surface area (Å²) in [7, 11) is 0. The monoisotopic (exact) mass is 978 g/mol. The molecule has 2 atom stereocenters. The fourth-order valence-electron chi connectivity index (χ4n) is 10.1. The number of piperidine rings is 2. The van der Waals surface area contributed by atoms with Gasteiger partial charge >= 0.3 is 0 Å². The maximum Gasteiger partial charge on any atom is 0.265 e. The largest absolute Gasteiger partial charge is 0.492 e. The first-order chi connectivity index (χ1) is 33.3. The van der Waals surface area contributed by atoms with Gasteiger partial charge in [0.1, 0.15) is 41.1 Å². The summed E-state index contributed by atoms with van der Waals surface area (Å²) in [6.45, 7) is 7.07. The van der Waals surface area contributed by atoms with Crippen LogP contribution in [0.4, 0.5) is 19.0 Å². The molecule has 5 heterocycles. The molecule has 3 saturated heterocycles. The fraction of sp³-hybridized carbons (Fsp3) is 0.353. The number of carbonyl (C=O) groups excluding carboxylic acids is 4. The van der Waals surface area contributed by atoms with E-state index in [1.807, 2.05) is 17.0 Å². The normalized spacial score (nSPS) is 18.9. The number of rotatable bonds is 13. The van der Waals surface area contributed by atoms with E-state index in [0.717, 1.165) is 61.2 Å². The number of hydrogen-bond acceptors (Lipinski definition) is 10. The number of amides is 4. The second kappa shape index (κ2) is 20.2. The second-order valence-electron chi connectivity index (χ2n) is 17.8. The summed E-state index contributed by atoms with van der Waals surface area (Å²) < 4.78 is 53.4. The lowest BCUT2D eigenvalue weighted by Crippen LogP contribution is -2.55. The lowest BCUT2D eigenvalue weighted by molar-refractivity contribution is -0.137. The molecule has 1 aromatic heterocycles. The zero-order valence-electron chi connectivity index (χ0n) is 37.5. The molecule has 0 bridgehead atoms. The van der Waals surface area contributed by atoms with E-state index in [0.29, 0.717) is 24.3 Å². The molecule has 0 radical (unpaired) electrons. The van der Waals surface area contributed by atoms with Crippen LogP contribution in [-0.2, 0) is 33.8 Å². The minimum Gasteiger partial charge on any atom is -0.492 e. The van der Waals surface area contributed by atoms with Gasteiger partial charge in [0, 0.05) is 62.1 Å². The Morgan fingerprint density at radius 3 is 2.42 bits per heavy atom. The molecule has 0 saturated carbocycles. The lowest BCUT2D eigenvalue weighted by Gasteiger charge is -2.41. The standard InChI is InChI=1S/C51H47Cl2F3N8O5/c1-29(52)50(67)63-21-20-62(26-34(63)11-16-57)48-37-25-39(53)44(46(56)47(37)58-28-59-48)45-40(55)3-2-4-42(45)69-22-15-31-7-5-30(6-8-31)12-17-61-18-13-32(14-19-61)35-23-33(54)24-36-38(35)27-64(51(36)68)41-9-10-43(65)60-49(41)66/h2-8,23-25,28,32,34,41H,1,9-15,17-22,26-27H2,(H,60,65,66)/t34-,41?/m1/s1. The summed E-state index contributed by atoms with van der Waals surface area (Å²) in [6.07, 6.45) is 4.52. The van der Waals surface area contributed by atoms with Crippen molar-refractivity contribution in [3.63, 3.8) is 0 Å². The summed E-state index contributed by atoms with van der Waals surface area (Å²) in [4.78, 5) is 66.2. The summed E-state index contributed by atoms with van der Waals surface area (Å²) in [5.74, 6) is -3.24. The number of anilines is 1. The molecule has 1 unspecified atom stereocenters. The van der Waals surface area contributed by atoms with Crippen molar-refractivity contribution >= 4 is 63.6 Å². The molecule has 0 aliphatic carbocycles. The third kappa shape index (κ3) is 9.73. The summed E-state index contributed by atoms with van der Waals surface area (Å²) in [5, 5.41) is 11.8. The van der Waals surface area contributed by atoms with Crippen molar-refractivity contribution in [1.82, 2.24) is 30.0 Å².